The van der Waals surface area contributed by atoms with Gasteiger partial charge in [0.15, 0.2) is 0 Å². The second-order valence-corrected chi connectivity index (χ2v) is 8.11. The van der Waals surface area contributed by atoms with Crippen LogP contribution in [-0.2, 0) is 16.6 Å². The molecule has 4 rings (SSSR count). The molecule has 0 aromatic heterocycles. The maximum Gasteiger partial charge on any atom is 0.122 e. The minimum absolute atomic E-state index is 0.113. The molecule has 1 saturated heterocycles. The van der Waals surface area contributed by atoms with Crippen LogP contribution in [0.25, 0.3) is 0 Å². The number of aliphatic hydroxyl groups is 1. The molecule has 0 spiro atoms. The Kier molecular flexibility index (Phi) is 4.18. The van der Waals surface area contributed by atoms with E-state index in [1.807, 2.05) is 19.1 Å². The molecule has 0 amide bonds. The molecule has 0 radical (unpaired) electrons. The Bertz CT molecular complexity index is 688. The van der Waals surface area contributed by atoms with Crippen LogP contribution in [0.3, 0.4) is 0 Å². The summed E-state index contributed by atoms with van der Waals surface area (Å²) < 4.78 is 5.60. The van der Waals surface area contributed by atoms with Crippen LogP contribution in [0.2, 0.25) is 0 Å². The fourth-order valence-electron chi connectivity index (χ4n) is 5.88. The van der Waals surface area contributed by atoms with Crippen LogP contribution in [0.1, 0.15) is 36.0 Å². The van der Waals surface area contributed by atoms with Crippen molar-refractivity contribution in [2.45, 2.75) is 56.3 Å². The van der Waals surface area contributed by atoms with Gasteiger partial charge in [0.25, 0.3) is 0 Å². The van der Waals surface area contributed by atoms with E-state index >= 15 is 0 Å². The Morgan fingerprint density at radius 1 is 1.44 bits per heavy atom. The fourth-order valence-corrected chi connectivity index (χ4v) is 5.88. The maximum absolute atomic E-state index is 10.9. The summed E-state index contributed by atoms with van der Waals surface area (Å²) in [5.41, 5.74) is 3.16. The van der Waals surface area contributed by atoms with Crippen LogP contribution in [0.4, 0.5) is 0 Å². The number of aliphatic hydroxyl groups excluding tert-OH is 1. The monoisotopic (exact) mass is 343 g/mol. The van der Waals surface area contributed by atoms with Gasteiger partial charge in [-0.1, -0.05) is 18.2 Å². The Balaban J connectivity index is 1.87. The summed E-state index contributed by atoms with van der Waals surface area (Å²) in [6, 6.07) is 4.63. The lowest BCUT2D eigenvalue weighted by Gasteiger charge is -2.60. The molecule has 5 atom stereocenters. The van der Waals surface area contributed by atoms with Crippen molar-refractivity contribution in [3.05, 3.63) is 41.5 Å². The zero-order valence-corrected chi connectivity index (χ0v) is 15.2. The van der Waals surface area contributed by atoms with Crippen LogP contribution in [0, 0.1) is 12.8 Å². The van der Waals surface area contributed by atoms with Gasteiger partial charge in [0, 0.05) is 30.7 Å². The smallest absolute Gasteiger partial charge is 0.122 e. The molecule has 2 fully saturated rings. The second-order valence-electron chi connectivity index (χ2n) is 8.11. The Morgan fingerprint density at radius 2 is 2.24 bits per heavy atom. The average Bonchev–Trinajstić information content (AvgIpc) is 2.59. The fraction of sp³-hybridized carbons (Fsp3) is 0.619. The molecule has 1 aromatic rings. The first-order valence-corrected chi connectivity index (χ1v) is 9.39. The van der Waals surface area contributed by atoms with Gasteiger partial charge in [-0.15, -0.1) is 6.58 Å². The lowest BCUT2D eigenvalue weighted by molar-refractivity contribution is -0.116. The van der Waals surface area contributed by atoms with Crippen LogP contribution >= 0.6 is 0 Å². The molecule has 1 saturated carbocycles. The van der Waals surface area contributed by atoms with Crippen molar-refractivity contribution in [2.24, 2.45) is 5.92 Å². The van der Waals surface area contributed by atoms with Crippen molar-refractivity contribution in [1.29, 1.82) is 0 Å². The number of rotatable bonds is 3. The Hall–Kier alpha value is -1.36. The Morgan fingerprint density at radius 3 is 2.96 bits per heavy atom. The summed E-state index contributed by atoms with van der Waals surface area (Å²) in [4.78, 5) is 2.53. The molecule has 3 aliphatic rings. The lowest BCUT2D eigenvalue weighted by atomic mass is 9.51. The van der Waals surface area contributed by atoms with Crippen LogP contribution in [0.15, 0.2) is 24.8 Å². The number of nitrogens with zero attached hydrogens (tertiary/aromatic N) is 1. The third-order valence-corrected chi connectivity index (χ3v) is 7.04. The number of aryl methyl sites for hydroxylation is 1. The standard InChI is InChI=1S/C21H29NO3/c1-4-8-22-9-7-21-12-17(23)18(25-3)11-15(21)16(22)10-14-6-5-13(2)20(24)19(14)21/h4-6,15-18,23-24H,1,7-12H2,2-3H3/t15?,16-,17?,18?,21+/m0/s1. The van der Waals surface area contributed by atoms with E-state index in [-0.39, 0.29) is 11.5 Å². The Labute approximate surface area is 150 Å². The summed E-state index contributed by atoms with van der Waals surface area (Å²) in [5.74, 6) is 0.843. The van der Waals surface area contributed by atoms with E-state index in [0.29, 0.717) is 24.1 Å². The van der Waals surface area contributed by atoms with Crippen LogP contribution in [-0.4, -0.2) is 53.6 Å². The van der Waals surface area contributed by atoms with Gasteiger partial charge in [0.2, 0.25) is 0 Å². The summed E-state index contributed by atoms with van der Waals surface area (Å²) in [5, 5.41) is 21.7. The van der Waals surface area contributed by atoms with Crippen LogP contribution in [0.5, 0.6) is 5.75 Å². The first kappa shape index (κ1) is 17.1. The first-order chi connectivity index (χ1) is 12.0. The maximum atomic E-state index is 10.9. The largest absolute Gasteiger partial charge is 0.507 e. The van der Waals surface area contributed by atoms with E-state index < -0.39 is 6.10 Å². The summed E-state index contributed by atoms with van der Waals surface area (Å²) in [7, 11) is 1.70. The van der Waals surface area contributed by atoms with Gasteiger partial charge >= 0.3 is 0 Å². The van der Waals surface area contributed by atoms with Gasteiger partial charge in [-0.05, 0) is 56.2 Å². The minimum Gasteiger partial charge on any atom is -0.507 e. The first-order valence-electron chi connectivity index (χ1n) is 9.39. The summed E-state index contributed by atoms with van der Waals surface area (Å²) in [6.45, 7) is 7.78. The molecule has 3 unspecified atom stereocenters. The van der Waals surface area contributed by atoms with Crippen molar-refractivity contribution in [3.8, 4) is 5.75 Å². The normalized spacial score (nSPS) is 37.2. The number of ether oxygens (including phenoxy) is 1. The quantitative estimate of drug-likeness (QED) is 0.828. The van der Waals surface area contributed by atoms with E-state index in [1.54, 1.807) is 7.11 Å². The number of hydrogen-bond acceptors (Lipinski definition) is 4. The van der Waals surface area contributed by atoms with Crippen molar-refractivity contribution >= 4 is 0 Å². The van der Waals surface area contributed by atoms with E-state index in [9.17, 15) is 10.2 Å². The van der Waals surface area contributed by atoms with Gasteiger partial charge in [-0.25, -0.2) is 0 Å². The SMILES string of the molecule is C=CCN1CC[C@@]23CC(O)C(OC)CC2[C@@H]1Cc1ccc(C)c(O)c13. The third kappa shape index (κ3) is 2.38. The minimum atomic E-state index is -0.473. The van der Waals surface area contributed by atoms with Crippen molar-refractivity contribution in [1.82, 2.24) is 4.90 Å². The molecule has 1 aliphatic heterocycles. The number of piperidine rings is 1. The van der Waals surface area contributed by atoms with Gasteiger partial charge in [-0.2, -0.15) is 0 Å². The van der Waals surface area contributed by atoms with E-state index in [2.05, 4.69) is 17.5 Å². The zero-order chi connectivity index (χ0) is 17.8. The topological polar surface area (TPSA) is 52.9 Å². The molecule has 136 valence electrons. The van der Waals surface area contributed by atoms with Gasteiger partial charge in [0.1, 0.15) is 5.75 Å². The third-order valence-electron chi connectivity index (χ3n) is 7.04. The predicted molar refractivity (Wildman–Crippen MR) is 97.9 cm³/mol. The van der Waals surface area contributed by atoms with E-state index in [0.717, 1.165) is 43.5 Å². The zero-order valence-electron chi connectivity index (χ0n) is 15.2. The molecule has 4 heteroatoms. The molecule has 1 heterocycles. The van der Waals surface area contributed by atoms with E-state index in [4.69, 9.17) is 4.74 Å². The van der Waals surface area contributed by atoms with E-state index in [1.165, 1.54) is 5.56 Å². The van der Waals surface area contributed by atoms with Crippen molar-refractivity contribution in [3.63, 3.8) is 0 Å². The number of phenolic OH excluding ortho intramolecular Hbond substituents is 1. The molecular weight excluding hydrogens is 314 g/mol. The molecular formula is C21H29NO3. The molecule has 25 heavy (non-hydrogen) atoms. The number of likely N-dealkylation sites (tertiary alicyclic amines) is 1. The van der Waals surface area contributed by atoms with Crippen molar-refractivity contribution in [2.75, 3.05) is 20.2 Å². The van der Waals surface area contributed by atoms with Gasteiger partial charge in [-0.3, -0.25) is 4.90 Å². The molecule has 2 bridgehead atoms. The molecule has 2 aliphatic carbocycles. The highest BCUT2D eigenvalue weighted by molar-refractivity contribution is 5.53. The van der Waals surface area contributed by atoms with Gasteiger partial charge in [0.05, 0.1) is 12.2 Å². The summed E-state index contributed by atoms with van der Waals surface area (Å²) in [6.07, 6.45) is 4.86. The molecule has 4 nitrogen and oxygen atoms in total. The number of methoxy groups -OCH3 is 1. The highest BCUT2D eigenvalue weighted by Crippen LogP contribution is 2.58. The van der Waals surface area contributed by atoms with Crippen molar-refractivity contribution < 1.29 is 14.9 Å². The highest BCUT2D eigenvalue weighted by Gasteiger charge is 2.58. The summed E-state index contributed by atoms with van der Waals surface area (Å²) >= 11 is 0. The average molecular weight is 343 g/mol. The lowest BCUT2D eigenvalue weighted by Crippen LogP contribution is -2.64. The second kappa shape index (κ2) is 6.11. The number of phenols is 1. The highest BCUT2D eigenvalue weighted by atomic mass is 16.5. The number of fused-ring (bicyclic) bond motifs is 1. The molecule has 2 N–H and O–H groups in total. The molecule has 1 aromatic carbocycles. The number of hydrogen-bond donors (Lipinski definition) is 2. The number of benzene rings is 1. The van der Waals surface area contributed by atoms with Gasteiger partial charge < -0.3 is 14.9 Å². The van der Waals surface area contributed by atoms with Crippen LogP contribution < -0.4 is 0 Å². The number of aromatic hydroxyl groups is 1. The predicted octanol–water partition coefficient (Wildman–Crippen LogP) is 2.54.